The molecule has 2 aliphatic rings. The van der Waals surface area contributed by atoms with E-state index in [4.69, 9.17) is 28.4 Å². The minimum absolute atomic E-state index is 0.0215. The number of hydrogen-bond acceptors (Lipinski definition) is 9. The highest BCUT2D eigenvalue weighted by atomic mass is 16.5. The van der Waals surface area contributed by atoms with Crippen LogP contribution < -0.4 is 15.0 Å². The molecule has 0 spiro atoms. The molecular formula is C33H50N2O7. The average molecular weight is 587 g/mol. The first kappa shape index (κ1) is 32.7. The Morgan fingerprint density at radius 2 is 1.69 bits per heavy atom. The highest BCUT2D eigenvalue weighted by molar-refractivity contribution is 5.61. The van der Waals surface area contributed by atoms with Gasteiger partial charge in [0.1, 0.15) is 12.4 Å². The molecule has 0 amide bonds. The minimum Gasteiger partial charge on any atom is -0.490 e. The molecule has 0 radical (unpaired) electrons. The predicted molar refractivity (Wildman–Crippen MR) is 163 cm³/mol. The van der Waals surface area contributed by atoms with Crippen LogP contribution in [-0.2, 0) is 36.9 Å². The second-order valence-corrected chi connectivity index (χ2v) is 11.6. The number of benzene rings is 2. The summed E-state index contributed by atoms with van der Waals surface area (Å²) in [5, 5.41) is 13.4. The van der Waals surface area contributed by atoms with Gasteiger partial charge >= 0.3 is 0 Å². The SMILES string of the molecule is COCCCN1CCOc2ccc(CO[C@H]3CNC[C@@H](OC[C@@H](C)O)C3c3ccc(COC[C@@H](C)COC)cc3)cc21. The van der Waals surface area contributed by atoms with Crippen molar-refractivity contribution >= 4 is 5.69 Å². The van der Waals surface area contributed by atoms with Gasteiger partial charge in [0.15, 0.2) is 0 Å². The lowest BCUT2D eigenvalue weighted by molar-refractivity contribution is -0.0752. The first-order valence-corrected chi connectivity index (χ1v) is 15.3. The van der Waals surface area contributed by atoms with E-state index in [2.05, 4.69) is 59.6 Å². The third-order valence-corrected chi connectivity index (χ3v) is 7.75. The zero-order valence-corrected chi connectivity index (χ0v) is 25.8. The molecule has 5 atom stereocenters. The number of methoxy groups -OCH3 is 2. The summed E-state index contributed by atoms with van der Waals surface area (Å²) in [7, 11) is 3.46. The van der Waals surface area contributed by atoms with E-state index >= 15 is 0 Å². The van der Waals surface area contributed by atoms with Crippen molar-refractivity contribution in [1.82, 2.24) is 5.32 Å². The zero-order chi connectivity index (χ0) is 29.7. The molecule has 2 N–H and O–H groups in total. The Morgan fingerprint density at radius 1 is 0.929 bits per heavy atom. The molecule has 234 valence electrons. The molecule has 0 bridgehead atoms. The van der Waals surface area contributed by atoms with Crippen LogP contribution in [0.25, 0.3) is 0 Å². The first-order valence-electron chi connectivity index (χ1n) is 15.3. The molecule has 4 rings (SSSR count). The Hall–Kier alpha value is -2.24. The summed E-state index contributed by atoms with van der Waals surface area (Å²) in [5.74, 6) is 1.30. The van der Waals surface area contributed by atoms with Crippen molar-refractivity contribution in [3.63, 3.8) is 0 Å². The lowest BCUT2D eigenvalue weighted by Crippen LogP contribution is -2.51. The number of aliphatic hydroxyl groups excluding tert-OH is 1. The van der Waals surface area contributed by atoms with Gasteiger partial charge in [0.05, 0.1) is 63.6 Å². The van der Waals surface area contributed by atoms with Gasteiger partial charge < -0.3 is 43.7 Å². The summed E-state index contributed by atoms with van der Waals surface area (Å²) in [4.78, 5) is 2.37. The molecule has 2 aliphatic heterocycles. The van der Waals surface area contributed by atoms with E-state index in [1.165, 1.54) is 0 Å². The number of anilines is 1. The van der Waals surface area contributed by atoms with E-state index in [0.717, 1.165) is 60.8 Å². The lowest BCUT2D eigenvalue weighted by atomic mass is 9.85. The van der Waals surface area contributed by atoms with Crippen LogP contribution in [0.4, 0.5) is 5.69 Å². The molecule has 0 aromatic heterocycles. The normalized spacial score (nSPS) is 21.9. The number of ether oxygens (including phenoxy) is 6. The quantitative estimate of drug-likeness (QED) is 0.269. The Kier molecular flexibility index (Phi) is 13.3. The number of piperidine rings is 1. The van der Waals surface area contributed by atoms with E-state index in [-0.39, 0.29) is 24.7 Å². The monoisotopic (exact) mass is 586 g/mol. The summed E-state index contributed by atoms with van der Waals surface area (Å²) in [6.45, 7) is 11.2. The fraction of sp³-hybridized carbons (Fsp3) is 0.636. The number of nitrogens with zero attached hydrogens (tertiary/aromatic N) is 1. The molecule has 9 nitrogen and oxygen atoms in total. The third-order valence-electron chi connectivity index (χ3n) is 7.75. The Balaban J connectivity index is 1.44. The second-order valence-electron chi connectivity index (χ2n) is 11.6. The van der Waals surface area contributed by atoms with Gasteiger partial charge in [-0.15, -0.1) is 0 Å². The van der Waals surface area contributed by atoms with E-state index < -0.39 is 6.10 Å². The molecule has 1 saturated heterocycles. The van der Waals surface area contributed by atoms with Crippen molar-refractivity contribution in [3.05, 3.63) is 59.2 Å². The largest absolute Gasteiger partial charge is 0.490 e. The maximum Gasteiger partial charge on any atom is 0.142 e. The van der Waals surface area contributed by atoms with Gasteiger partial charge in [-0.05, 0) is 42.2 Å². The Bertz CT molecular complexity index is 1050. The number of rotatable bonds is 17. The number of aliphatic hydroxyl groups is 1. The maximum absolute atomic E-state index is 9.92. The molecule has 9 heteroatoms. The van der Waals surface area contributed by atoms with Crippen LogP contribution in [0, 0.1) is 5.92 Å². The van der Waals surface area contributed by atoms with Gasteiger partial charge in [-0.3, -0.25) is 0 Å². The second kappa shape index (κ2) is 17.2. The van der Waals surface area contributed by atoms with Crippen LogP contribution in [0.3, 0.4) is 0 Å². The first-order chi connectivity index (χ1) is 20.5. The van der Waals surface area contributed by atoms with E-state index in [1.807, 2.05) is 0 Å². The predicted octanol–water partition coefficient (Wildman–Crippen LogP) is 3.76. The van der Waals surface area contributed by atoms with E-state index in [1.54, 1.807) is 21.1 Å². The number of hydrogen-bond donors (Lipinski definition) is 2. The maximum atomic E-state index is 9.92. The highest BCUT2D eigenvalue weighted by Crippen LogP contribution is 2.34. The molecular weight excluding hydrogens is 536 g/mol. The van der Waals surface area contributed by atoms with Crippen LogP contribution in [0.5, 0.6) is 5.75 Å². The van der Waals surface area contributed by atoms with E-state index in [9.17, 15) is 5.11 Å². The summed E-state index contributed by atoms with van der Waals surface area (Å²) in [5.41, 5.74) is 4.51. The Morgan fingerprint density at radius 3 is 2.43 bits per heavy atom. The van der Waals surface area contributed by atoms with Gasteiger partial charge in [-0.25, -0.2) is 0 Å². The molecule has 2 aromatic rings. The van der Waals surface area contributed by atoms with Crippen molar-refractivity contribution < 1.29 is 33.5 Å². The number of nitrogens with one attached hydrogen (secondary N) is 1. The van der Waals surface area contributed by atoms with Crippen molar-refractivity contribution in [2.45, 2.75) is 57.7 Å². The van der Waals surface area contributed by atoms with Crippen molar-refractivity contribution in [2.75, 3.05) is 78.3 Å². The van der Waals surface area contributed by atoms with Crippen LogP contribution in [0.2, 0.25) is 0 Å². The Labute approximate surface area is 251 Å². The van der Waals surface area contributed by atoms with Crippen molar-refractivity contribution in [3.8, 4) is 5.75 Å². The van der Waals surface area contributed by atoms with Gasteiger partial charge in [0.2, 0.25) is 0 Å². The number of fused-ring (bicyclic) bond motifs is 1. The van der Waals surface area contributed by atoms with Crippen molar-refractivity contribution in [1.29, 1.82) is 0 Å². The molecule has 2 aromatic carbocycles. The molecule has 42 heavy (non-hydrogen) atoms. The standard InChI is InChI=1S/C33H50N2O7/c1-24(19-38-4)20-39-22-26-6-9-28(10-7-26)33-31(41-21-25(2)36)17-34-18-32(33)42-23-27-8-11-30-29(16-27)35(13-15-40-30)12-5-14-37-3/h6-11,16,24-25,31-34,36H,5,12-15,17-23H2,1-4H3/t24-,25+,31+,32-,33?/m0/s1. The fourth-order valence-electron chi connectivity index (χ4n) is 5.67. The van der Waals surface area contributed by atoms with Gasteiger partial charge in [0.25, 0.3) is 0 Å². The smallest absolute Gasteiger partial charge is 0.142 e. The molecule has 1 unspecified atom stereocenters. The summed E-state index contributed by atoms with van der Waals surface area (Å²) in [6.07, 6.45) is 0.220. The van der Waals surface area contributed by atoms with Gasteiger partial charge in [-0.1, -0.05) is 37.3 Å². The van der Waals surface area contributed by atoms with Crippen LogP contribution in [0.1, 0.15) is 42.9 Å². The zero-order valence-electron chi connectivity index (χ0n) is 25.8. The summed E-state index contributed by atoms with van der Waals surface area (Å²) in [6, 6.07) is 14.9. The van der Waals surface area contributed by atoms with Crippen LogP contribution in [0.15, 0.2) is 42.5 Å². The molecule has 0 saturated carbocycles. The third kappa shape index (κ3) is 9.64. The van der Waals surface area contributed by atoms with Gasteiger partial charge in [0, 0.05) is 52.3 Å². The molecule has 1 fully saturated rings. The van der Waals surface area contributed by atoms with Gasteiger partial charge in [-0.2, -0.15) is 0 Å². The summed E-state index contributed by atoms with van der Waals surface area (Å²) < 4.78 is 35.1. The van der Waals surface area contributed by atoms with E-state index in [0.29, 0.717) is 45.5 Å². The molecule has 2 heterocycles. The van der Waals surface area contributed by atoms with Crippen LogP contribution in [-0.4, -0.2) is 96.9 Å². The average Bonchev–Trinajstić information content (AvgIpc) is 2.99. The minimum atomic E-state index is -0.531. The molecule has 0 aliphatic carbocycles. The fourth-order valence-corrected chi connectivity index (χ4v) is 5.67. The highest BCUT2D eigenvalue weighted by Gasteiger charge is 2.36. The topological polar surface area (TPSA) is 90.9 Å². The lowest BCUT2D eigenvalue weighted by Gasteiger charge is -2.39. The van der Waals surface area contributed by atoms with Crippen LogP contribution >= 0.6 is 0 Å². The van der Waals surface area contributed by atoms with Crippen molar-refractivity contribution in [2.24, 2.45) is 5.92 Å². The summed E-state index contributed by atoms with van der Waals surface area (Å²) >= 11 is 0.